The highest BCUT2D eigenvalue weighted by Crippen LogP contribution is 2.46. The van der Waals surface area contributed by atoms with E-state index in [0.717, 1.165) is 5.06 Å². The number of aliphatic hydroxyl groups excluding tert-OH is 1. The molecule has 0 unspecified atom stereocenters. The van der Waals surface area contributed by atoms with Gasteiger partial charge in [-0.25, -0.2) is 9.45 Å². The highest BCUT2D eigenvalue weighted by Gasteiger charge is 2.55. The second-order valence-corrected chi connectivity index (χ2v) is 7.57. The number of methoxy groups -OCH3 is 1. The molecule has 1 spiro atoms. The molecule has 9 heteroatoms. The second kappa shape index (κ2) is 7.84. The Balaban J connectivity index is 2.06. The maximum absolute atomic E-state index is 13.8. The number of ether oxygens (including phenoxy) is 1. The lowest BCUT2D eigenvalue weighted by Gasteiger charge is -2.41. The van der Waals surface area contributed by atoms with Crippen LogP contribution in [0, 0.1) is 12.7 Å². The van der Waals surface area contributed by atoms with Crippen molar-refractivity contribution in [2.45, 2.75) is 25.3 Å². The highest BCUT2D eigenvalue weighted by molar-refractivity contribution is 9.10. The first-order chi connectivity index (χ1) is 12.8. The SMILES string of the molecule is COCCON1C(=O)C(c2cc(Br)c(F)cc2C)=C(O)C12CCN(O)CC2. The fraction of sp³-hybridized carbons (Fsp3) is 0.500. The fourth-order valence-corrected chi connectivity index (χ4v) is 3.93. The van der Waals surface area contributed by atoms with Gasteiger partial charge in [-0.3, -0.25) is 9.63 Å². The summed E-state index contributed by atoms with van der Waals surface area (Å²) in [7, 11) is 1.52. The molecule has 0 saturated carbocycles. The van der Waals surface area contributed by atoms with Crippen molar-refractivity contribution < 1.29 is 29.1 Å². The molecule has 1 aromatic carbocycles. The molecule has 1 saturated heterocycles. The van der Waals surface area contributed by atoms with Crippen LogP contribution < -0.4 is 0 Å². The first-order valence-corrected chi connectivity index (χ1v) is 9.41. The Kier molecular flexibility index (Phi) is 5.87. The van der Waals surface area contributed by atoms with Crippen LogP contribution in [-0.4, -0.2) is 65.3 Å². The largest absolute Gasteiger partial charge is 0.509 e. The molecule has 0 aliphatic carbocycles. The van der Waals surface area contributed by atoms with E-state index in [9.17, 15) is 19.5 Å². The molecule has 148 valence electrons. The zero-order chi connectivity index (χ0) is 19.8. The van der Waals surface area contributed by atoms with Gasteiger partial charge in [0, 0.05) is 20.2 Å². The third-order valence-electron chi connectivity index (χ3n) is 5.08. The first-order valence-electron chi connectivity index (χ1n) is 8.62. The summed E-state index contributed by atoms with van der Waals surface area (Å²) in [6, 6.07) is 2.80. The van der Waals surface area contributed by atoms with E-state index in [1.807, 2.05) is 0 Å². The monoisotopic (exact) mass is 444 g/mol. The minimum Gasteiger partial charge on any atom is -0.509 e. The third-order valence-corrected chi connectivity index (χ3v) is 5.68. The maximum atomic E-state index is 13.8. The Morgan fingerprint density at radius 1 is 1.30 bits per heavy atom. The Hall–Kier alpha value is -1.52. The predicted octanol–water partition coefficient (Wildman–Crippen LogP) is 2.81. The van der Waals surface area contributed by atoms with Crippen LogP contribution in [0.5, 0.6) is 0 Å². The van der Waals surface area contributed by atoms with Crippen molar-refractivity contribution in [3.05, 3.63) is 39.3 Å². The van der Waals surface area contributed by atoms with Gasteiger partial charge in [-0.05, 0) is 59.0 Å². The topological polar surface area (TPSA) is 82.5 Å². The lowest BCUT2D eigenvalue weighted by molar-refractivity contribution is -0.231. The zero-order valence-corrected chi connectivity index (χ0v) is 16.8. The van der Waals surface area contributed by atoms with E-state index >= 15 is 0 Å². The number of hydroxylamine groups is 4. The molecule has 1 aromatic rings. The number of carbonyl (C=O) groups is 1. The normalized spacial score (nSPS) is 20.2. The van der Waals surface area contributed by atoms with E-state index in [4.69, 9.17) is 9.57 Å². The predicted molar refractivity (Wildman–Crippen MR) is 98.4 cm³/mol. The minimum atomic E-state index is -1.06. The molecule has 0 radical (unpaired) electrons. The molecule has 2 aliphatic rings. The van der Waals surface area contributed by atoms with Crippen molar-refractivity contribution >= 4 is 27.4 Å². The molecule has 27 heavy (non-hydrogen) atoms. The number of halogens is 2. The smallest absolute Gasteiger partial charge is 0.282 e. The van der Waals surface area contributed by atoms with Gasteiger partial charge in [0.25, 0.3) is 5.91 Å². The molecule has 2 aliphatic heterocycles. The number of carbonyl (C=O) groups excluding carboxylic acids is 1. The number of piperidine rings is 1. The van der Waals surface area contributed by atoms with Crippen LogP contribution in [0.25, 0.3) is 5.57 Å². The van der Waals surface area contributed by atoms with E-state index in [2.05, 4.69) is 15.9 Å². The molecule has 0 aromatic heterocycles. The van der Waals surface area contributed by atoms with E-state index < -0.39 is 17.3 Å². The van der Waals surface area contributed by atoms with Crippen molar-refractivity contribution in [1.29, 1.82) is 0 Å². The van der Waals surface area contributed by atoms with Crippen LogP contribution in [0.2, 0.25) is 0 Å². The van der Waals surface area contributed by atoms with Gasteiger partial charge in [-0.2, -0.15) is 5.06 Å². The van der Waals surface area contributed by atoms with Crippen LogP contribution in [0.1, 0.15) is 24.0 Å². The Morgan fingerprint density at radius 2 is 1.96 bits per heavy atom. The van der Waals surface area contributed by atoms with E-state index in [0.29, 0.717) is 24.0 Å². The Bertz CT molecular complexity index is 777. The molecule has 7 nitrogen and oxygen atoms in total. The molecule has 3 rings (SSSR count). The van der Waals surface area contributed by atoms with Gasteiger partial charge in [0.1, 0.15) is 17.1 Å². The average Bonchev–Trinajstić information content (AvgIpc) is 2.82. The average molecular weight is 445 g/mol. The van der Waals surface area contributed by atoms with Gasteiger partial charge in [0.2, 0.25) is 0 Å². The summed E-state index contributed by atoms with van der Waals surface area (Å²) in [6.45, 7) is 2.65. The third kappa shape index (κ3) is 3.50. The summed E-state index contributed by atoms with van der Waals surface area (Å²) in [5.74, 6) is -1.05. The number of hydrogen-bond acceptors (Lipinski definition) is 6. The minimum absolute atomic E-state index is 0.0945. The summed E-state index contributed by atoms with van der Waals surface area (Å²) in [5.41, 5.74) is -0.00215. The van der Waals surface area contributed by atoms with Crippen molar-refractivity contribution in [2.24, 2.45) is 0 Å². The van der Waals surface area contributed by atoms with Crippen LogP contribution in [0.15, 0.2) is 22.4 Å². The summed E-state index contributed by atoms with van der Waals surface area (Å²) >= 11 is 3.14. The van der Waals surface area contributed by atoms with Crippen molar-refractivity contribution in [1.82, 2.24) is 10.1 Å². The number of aliphatic hydroxyl groups is 1. The molecule has 1 fully saturated rings. The van der Waals surface area contributed by atoms with Crippen LogP contribution in [0.4, 0.5) is 4.39 Å². The number of amides is 1. The molecule has 1 amide bonds. The summed E-state index contributed by atoms with van der Waals surface area (Å²) < 4.78 is 19.0. The highest BCUT2D eigenvalue weighted by atomic mass is 79.9. The number of rotatable bonds is 5. The van der Waals surface area contributed by atoms with Crippen molar-refractivity contribution in [2.75, 3.05) is 33.4 Å². The standard InChI is InChI=1S/C18H22BrFN2O5/c1-11-9-14(20)13(19)10-12(11)15-16(23)18(3-5-21(25)6-4-18)22(17(15)24)27-8-7-26-2/h9-10,23,25H,3-8H2,1-2H3. The number of hydrogen-bond donors (Lipinski definition) is 2. The first kappa shape index (κ1) is 20.2. The second-order valence-electron chi connectivity index (χ2n) is 6.72. The van der Waals surface area contributed by atoms with E-state index in [1.54, 1.807) is 6.92 Å². The van der Waals surface area contributed by atoms with Crippen molar-refractivity contribution in [3.63, 3.8) is 0 Å². The summed E-state index contributed by atoms with van der Waals surface area (Å²) in [5, 5.41) is 23.1. The van der Waals surface area contributed by atoms with Gasteiger partial charge in [0.05, 0.1) is 23.3 Å². The van der Waals surface area contributed by atoms with Gasteiger partial charge in [0.15, 0.2) is 0 Å². The molecule has 0 bridgehead atoms. The van der Waals surface area contributed by atoms with Crippen LogP contribution >= 0.6 is 15.9 Å². The van der Waals surface area contributed by atoms with Gasteiger partial charge in [-0.15, -0.1) is 0 Å². The van der Waals surface area contributed by atoms with Crippen LogP contribution in [-0.2, 0) is 14.4 Å². The molecular weight excluding hydrogens is 423 g/mol. The fourth-order valence-electron chi connectivity index (χ4n) is 3.58. The Labute approximate surface area is 165 Å². The molecular formula is C18H22BrFN2O5. The number of benzene rings is 1. The summed E-state index contributed by atoms with van der Waals surface area (Å²) in [6.07, 6.45) is 0.609. The van der Waals surface area contributed by atoms with Gasteiger partial charge in [-0.1, -0.05) is 0 Å². The maximum Gasteiger partial charge on any atom is 0.282 e. The lowest BCUT2D eigenvalue weighted by atomic mass is 9.85. The number of aryl methyl sites for hydroxylation is 1. The molecule has 2 N–H and O–H groups in total. The summed E-state index contributed by atoms with van der Waals surface area (Å²) in [4.78, 5) is 18.8. The van der Waals surface area contributed by atoms with Crippen molar-refractivity contribution in [3.8, 4) is 0 Å². The van der Waals surface area contributed by atoms with Crippen LogP contribution in [0.3, 0.4) is 0 Å². The van der Waals surface area contributed by atoms with Gasteiger partial charge >= 0.3 is 0 Å². The molecule has 2 heterocycles. The Morgan fingerprint density at radius 3 is 2.59 bits per heavy atom. The quantitative estimate of drug-likeness (QED) is 0.679. The zero-order valence-electron chi connectivity index (χ0n) is 15.2. The lowest BCUT2D eigenvalue weighted by Crippen LogP contribution is -2.54. The van der Waals surface area contributed by atoms with Gasteiger partial charge < -0.3 is 15.1 Å². The molecule has 0 atom stereocenters. The van der Waals surface area contributed by atoms with E-state index in [-0.39, 0.29) is 42.1 Å². The van der Waals surface area contributed by atoms with E-state index in [1.165, 1.54) is 24.3 Å². The number of nitrogens with zero attached hydrogens (tertiary/aromatic N) is 2.